The molecule has 1 aliphatic heterocycles. The Hall–Kier alpha value is -0.750. The van der Waals surface area contributed by atoms with Crippen LogP contribution in [0.15, 0.2) is 18.2 Å². The van der Waals surface area contributed by atoms with Crippen molar-refractivity contribution in [2.24, 2.45) is 0 Å². The van der Waals surface area contributed by atoms with Gasteiger partial charge in [-0.25, -0.2) is 0 Å². The summed E-state index contributed by atoms with van der Waals surface area (Å²) in [5, 5.41) is 0.426. The number of carbonyl (C=O) groups excluding carboxylic acids is 1. The largest absolute Gasteiger partial charge is 0.368 e. The molecule has 6 heteroatoms. The molecule has 17 heavy (non-hydrogen) atoms. The van der Waals surface area contributed by atoms with Crippen molar-refractivity contribution in [3.8, 4) is 0 Å². The molecule has 1 saturated heterocycles. The summed E-state index contributed by atoms with van der Waals surface area (Å²) in [4.78, 5) is 12.7. The SMILES string of the molecule is O=Cc1ccc(N2CCS(O)(O)CC2)cc1Cl. The molecule has 0 radical (unpaired) electrons. The van der Waals surface area contributed by atoms with Crippen LogP contribution in [0, 0.1) is 0 Å². The van der Waals surface area contributed by atoms with Crippen LogP contribution < -0.4 is 4.90 Å². The van der Waals surface area contributed by atoms with Gasteiger partial charge in [-0.05, 0) is 18.2 Å². The van der Waals surface area contributed by atoms with Gasteiger partial charge in [0.2, 0.25) is 0 Å². The third-order valence-corrected chi connectivity index (χ3v) is 4.85. The Morgan fingerprint density at radius 1 is 1.29 bits per heavy atom. The van der Waals surface area contributed by atoms with Gasteiger partial charge in [0.15, 0.2) is 6.29 Å². The second kappa shape index (κ2) is 4.86. The summed E-state index contributed by atoms with van der Waals surface area (Å²) >= 11 is 5.95. The lowest BCUT2D eigenvalue weighted by Crippen LogP contribution is -2.38. The summed E-state index contributed by atoms with van der Waals surface area (Å²) in [6.45, 7) is 1.19. The van der Waals surface area contributed by atoms with Crippen LogP contribution in [0.1, 0.15) is 10.4 Å². The first-order valence-corrected chi connectivity index (χ1v) is 7.51. The maximum atomic E-state index is 10.6. The molecule has 0 atom stereocenters. The smallest absolute Gasteiger partial charge is 0.151 e. The molecular weight excluding hydrogens is 262 g/mol. The normalized spacial score (nSPS) is 21.0. The molecular formula is C11H14ClNO3S. The number of aldehydes is 1. The van der Waals surface area contributed by atoms with E-state index in [1.165, 1.54) is 0 Å². The average Bonchev–Trinajstić information content (AvgIpc) is 2.29. The maximum absolute atomic E-state index is 10.6. The van der Waals surface area contributed by atoms with Crippen LogP contribution >= 0.6 is 22.2 Å². The minimum absolute atomic E-state index is 0.389. The number of hydrogen-bond acceptors (Lipinski definition) is 4. The van der Waals surface area contributed by atoms with Crippen molar-refractivity contribution >= 4 is 34.2 Å². The molecule has 0 bridgehead atoms. The van der Waals surface area contributed by atoms with E-state index in [1.807, 2.05) is 11.0 Å². The van der Waals surface area contributed by atoms with Gasteiger partial charge >= 0.3 is 0 Å². The van der Waals surface area contributed by atoms with Crippen molar-refractivity contribution in [3.63, 3.8) is 0 Å². The highest BCUT2D eigenvalue weighted by molar-refractivity contribution is 8.24. The van der Waals surface area contributed by atoms with Gasteiger partial charge in [-0.3, -0.25) is 13.9 Å². The molecule has 1 heterocycles. The van der Waals surface area contributed by atoms with Crippen LogP contribution in [0.3, 0.4) is 0 Å². The summed E-state index contributed by atoms with van der Waals surface area (Å²) in [6.07, 6.45) is 0.721. The fourth-order valence-corrected chi connectivity index (χ4v) is 3.24. The third-order valence-electron chi connectivity index (χ3n) is 2.85. The first-order valence-electron chi connectivity index (χ1n) is 5.25. The number of halogens is 1. The number of anilines is 1. The van der Waals surface area contributed by atoms with Crippen molar-refractivity contribution in [2.75, 3.05) is 29.5 Å². The van der Waals surface area contributed by atoms with E-state index in [-0.39, 0.29) is 0 Å². The van der Waals surface area contributed by atoms with E-state index < -0.39 is 10.6 Å². The van der Waals surface area contributed by atoms with Gasteiger partial charge in [0.05, 0.1) is 16.5 Å². The Morgan fingerprint density at radius 2 is 1.94 bits per heavy atom. The highest BCUT2D eigenvalue weighted by Gasteiger charge is 2.22. The van der Waals surface area contributed by atoms with Crippen LogP contribution in [-0.2, 0) is 0 Å². The van der Waals surface area contributed by atoms with Crippen molar-refractivity contribution in [1.82, 2.24) is 0 Å². The van der Waals surface area contributed by atoms with E-state index in [4.69, 9.17) is 11.6 Å². The molecule has 2 N–H and O–H groups in total. The zero-order valence-electron chi connectivity index (χ0n) is 9.17. The van der Waals surface area contributed by atoms with E-state index >= 15 is 0 Å². The van der Waals surface area contributed by atoms with Gasteiger partial charge in [0, 0.05) is 24.3 Å². The predicted octanol–water partition coefficient (Wildman–Crippen LogP) is 2.72. The molecule has 0 saturated carbocycles. The fraction of sp³-hybridized carbons (Fsp3) is 0.364. The van der Waals surface area contributed by atoms with Crippen LogP contribution in [0.2, 0.25) is 5.02 Å². The molecule has 0 amide bonds. The molecule has 2 rings (SSSR count). The molecule has 1 aliphatic rings. The van der Waals surface area contributed by atoms with E-state index in [9.17, 15) is 13.9 Å². The molecule has 0 unspecified atom stereocenters. The lowest BCUT2D eigenvalue weighted by Gasteiger charge is -2.41. The van der Waals surface area contributed by atoms with Gasteiger partial charge in [-0.2, -0.15) is 10.6 Å². The second-order valence-corrected chi connectivity index (χ2v) is 6.85. The lowest BCUT2D eigenvalue weighted by molar-refractivity contribution is 0.112. The van der Waals surface area contributed by atoms with Crippen LogP contribution in [-0.4, -0.2) is 40.0 Å². The number of hydrogen-bond donors (Lipinski definition) is 2. The molecule has 94 valence electrons. The second-order valence-electron chi connectivity index (χ2n) is 4.02. The lowest BCUT2D eigenvalue weighted by atomic mass is 10.2. The van der Waals surface area contributed by atoms with Gasteiger partial charge < -0.3 is 4.90 Å². The Kier molecular flexibility index (Phi) is 3.63. The van der Waals surface area contributed by atoms with E-state index in [1.54, 1.807) is 12.1 Å². The van der Waals surface area contributed by atoms with Gasteiger partial charge in [0.1, 0.15) is 0 Å². The molecule has 1 fully saturated rings. The van der Waals surface area contributed by atoms with Crippen molar-refractivity contribution < 1.29 is 13.9 Å². The van der Waals surface area contributed by atoms with E-state index in [0.29, 0.717) is 35.2 Å². The van der Waals surface area contributed by atoms with Crippen molar-refractivity contribution in [3.05, 3.63) is 28.8 Å². The molecule has 0 aliphatic carbocycles. The molecule has 0 spiro atoms. The zero-order chi connectivity index (χ0) is 12.5. The third kappa shape index (κ3) is 2.93. The van der Waals surface area contributed by atoms with Gasteiger partial charge in [-0.15, -0.1) is 0 Å². The zero-order valence-corrected chi connectivity index (χ0v) is 10.7. The summed E-state index contributed by atoms with van der Waals surface area (Å²) in [5.74, 6) is 0.778. The summed E-state index contributed by atoms with van der Waals surface area (Å²) < 4.78 is 19.0. The first-order chi connectivity index (χ1) is 8.02. The summed E-state index contributed by atoms with van der Waals surface area (Å²) in [5.41, 5.74) is 1.38. The first kappa shape index (κ1) is 12.7. The van der Waals surface area contributed by atoms with Gasteiger partial charge in [0.25, 0.3) is 0 Å². The Balaban J connectivity index is 2.14. The monoisotopic (exact) mass is 275 g/mol. The fourth-order valence-electron chi connectivity index (χ4n) is 1.79. The van der Waals surface area contributed by atoms with Crippen LogP contribution in [0.25, 0.3) is 0 Å². The van der Waals surface area contributed by atoms with E-state index in [0.717, 1.165) is 12.0 Å². The Morgan fingerprint density at radius 3 is 2.47 bits per heavy atom. The van der Waals surface area contributed by atoms with Gasteiger partial charge in [-0.1, -0.05) is 11.6 Å². The molecule has 1 aromatic rings. The topological polar surface area (TPSA) is 60.8 Å². The molecule has 4 nitrogen and oxygen atoms in total. The number of nitrogens with zero attached hydrogens (tertiary/aromatic N) is 1. The summed E-state index contributed by atoms with van der Waals surface area (Å²) in [6, 6.07) is 5.24. The highest BCUT2D eigenvalue weighted by Crippen LogP contribution is 2.41. The number of rotatable bonds is 2. The quantitative estimate of drug-likeness (QED) is 0.815. The number of carbonyl (C=O) groups is 1. The standard InChI is InChI=1S/C11H14ClNO3S/c12-11-7-10(2-1-9(11)8-14)13-3-5-17(15,16)6-4-13/h1-2,7-8,15-16H,3-6H2. The minimum Gasteiger partial charge on any atom is -0.368 e. The Bertz CT molecular complexity index is 429. The van der Waals surface area contributed by atoms with Crippen molar-refractivity contribution in [2.45, 2.75) is 0 Å². The van der Waals surface area contributed by atoms with Crippen LogP contribution in [0.5, 0.6) is 0 Å². The highest BCUT2D eigenvalue weighted by atomic mass is 35.5. The maximum Gasteiger partial charge on any atom is 0.151 e. The Labute approximate surface area is 107 Å². The van der Waals surface area contributed by atoms with Crippen molar-refractivity contribution in [1.29, 1.82) is 0 Å². The molecule has 0 aromatic heterocycles. The van der Waals surface area contributed by atoms with Crippen LogP contribution in [0.4, 0.5) is 5.69 Å². The number of benzene rings is 1. The van der Waals surface area contributed by atoms with E-state index in [2.05, 4.69) is 0 Å². The average molecular weight is 276 g/mol. The molecule has 1 aromatic carbocycles. The summed E-state index contributed by atoms with van der Waals surface area (Å²) in [7, 11) is -2.38. The minimum atomic E-state index is -2.38. The predicted molar refractivity (Wildman–Crippen MR) is 71.6 cm³/mol.